The summed E-state index contributed by atoms with van der Waals surface area (Å²) in [6, 6.07) is 3.56. The molecule has 15 heavy (non-hydrogen) atoms. The zero-order valence-corrected chi connectivity index (χ0v) is 12.6. The van der Waals surface area contributed by atoms with Crippen LogP contribution in [0.1, 0.15) is 0 Å². The van der Waals surface area contributed by atoms with Gasteiger partial charge in [0.1, 0.15) is 5.75 Å². The van der Waals surface area contributed by atoms with Gasteiger partial charge in [-0.25, -0.2) is 4.57 Å². The second kappa shape index (κ2) is 6.34. The quantitative estimate of drug-likeness (QED) is 0.476. The zero-order chi connectivity index (χ0) is 12.2. The molecule has 0 amide bonds. The molecule has 0 fully saturated rings. The summed E-state index contributed by atoms with van der Waals surface area (Å²) >= 11 is 9.65. The zero-order valence-electron chi connectivity index (χ0n) is 6.93. The van der Waals surface area contributed by atoms with Crippen molar-refractivity contribution in [2.75, 3.05) is 0 Å². The summed E-state index contributed by atoms with van der Waals surface area (Å²) in [6.07, 6.45) is 0. The van der Waals surface area contributed by atoms with E-state index in [1.54, 1.807) is 12.1 Å². The van der Waals surface area contributed by atoms with Crippen LogP contribution in [0.2, 0.25) is 0 Å². The number of halogens is 3. The van der Waals surface area contributed by atoms with Gasteiger partial charge in [0.25, 0.3) is 0 Å². The number of hydrogen-bond acceptors (Lipinski definition) is 2. The van der Waals surface area contributed by atoms with Crippen LogP contribution in [0.25, 0.3) is 0 Å². The Hall–Kier alpha value is 0.570. The molecule has 0 aliphatic carbocycles. The topological polar surface area (TPSA) is 98.0 Å². The van der Waals surface area contributed by atoms with Gasteiger partial charge in [0.05, 0.1) is 8.95 Å². The van der Waals surface area contributed by atoms with E-state index in [1.165, 1.54) is 0 Å². The summed E-state index contributed by atoms with van der Waals surface area (Å²) in [4.78, 5) is 21.6. The number of phenols is 1. The van der Waals surface area contributed by atoms with E-state index < -0.39 is 7.82 Å². The van der Waals surface area contributed by atoms with Gasteiger partial charge in [0, 0.05) is 4.47 Å². The summed E-state index contributed by atoms with van der Waals surface area (Å²) in [6.45, 7) is 0. The van der Waals surface area contributed by atoms with Crippen molar-refractivity contribution < 1.29 is 24.4 Å². The van der Waals surface area contributed by atoms with Crippen molar-refractivity contribution >= 4 is 55.6 Å². The second-order valence-electron chi connectivity index (χ2n) is 2.23. The SMILES string of the molecule is O=P(O)(O)O.Oc1c(Br)cc(Br)cc1Br. The van der Waals surface area contributed by atoms with Gasteiger partial charge >= 0.3 is 7.82 Å². The highest BCUT2D eigenvalue weighted by molar-refractivity contribution is 9.11. The minimum absolute atomic E-state index is 0.225. The summed E-state index contributed by atoms with van der Waals surface area (Å²) in [5.41, 5.74) is 0. The highest BCUT2D eigenvalue weighted by atomic mass is 79.9. The maximum atomic E-state index is 9.22. The predicted octanol–water partition coefficient (Wildman–Crippen LogP) is 2.75. The summed E-state index contributed by atoms with van der Waals surface area (Å²) in [5, 5.41) is 9.22. The summed E-state index contributed by atoms with van der Waals surface area (Å²) in [5.74, 6) is 0.225. The maximum absolute atomic E-state index is 9.22. The van der Waals surface area contributed by atoms with E-state index in [4.69, 9.17) is 19.2 Å². The molecule has 0 radical (unpaired) electrons. The Morgan fingerprint density at radius 2 is 1.27 bits per heavy atom. The Labute approximate surface area is 111 Å². The normalized spacial score (nSPS) is 10.5. The number of aromatic hydroxyl groups is 1. The molecule has 5 nitrogen and oxygen atoms in total. The summed E-state index contributed by atoms with van der Waals surface area (Å²) in [7, 11) is -4.64. The minimum Gasteiger partial charge on any atom is -0.506 e. The molecule has 1 aromatic carbocycles. The van der Waals surface area contributed by atoms with Crippen LogP contribution in [-0.2, 0) is 4.57 Å². The number of benzene rings is 1. The number of phenolic OH excluding ortho intramolecular Hbond substituents is 1. The maximum Gasteiger partial charge on any atom is 0.466 e. The fourth-order valence-electron chi connectivity index (χ4n) is 0.535. The van der Waals surface area contributed by atoms with E-state index in [0.717, 1.165) is 4.47 Å². The third-order valence-electron chi connectivity index (χ3n) is 0.982. The Bertz CT molecular complexity index is 359. The number of rotatable bonds is 0. The van der Waals surface area contributed by atoms with Gasteiger partial charge < -0.3 is 19.8 Å². The van der Waals surface area contributed by atoms with E-state index in [1.807, 2.05) is 0 Å². The van der Waals surface area contributed by atoms with E-state index in [9.17, 15) is 5.11 Å². The Kier molecular flexibility index (Phi) is 6.58. The van der Waals surface area contributed by atoms with Crippen LogP contribution in [-0.4, -0.2) is 19.8 Å². The summed E-state index contributed by atoms with van der Waals surface area (Å²) < 4.78 is 11.2. The average Bonchev–Trinajstić information content (AvgIpc) is 1.96. The molecule has 0 saturated heterocycles. The van der Waals surface area contributed by atoms with Gasteiger partial charge in [-0.15, -0.1) is 0 Å². The molecule has 0 atom stereocenters. The van der Waals surface area contributed by atoms with Crippen LogP contribution in [0.5, 0.6) is 5.75 Å². The van der Waals surface area contributed by atoms with E-state index in [2.05, 4.69) is 47.8 Å². The van der Waals surface area contributed by atoms with Crippen LogP contribution in [0.4, 0.5) is 0 Å². The van der Waals surface area contributed by atoms with Crippen molar-refractivity contribution in [1.29, 1.82) is 0 Å². The third-order valence-corrected chi connectivity index (χ3v) is 2.65. The van der Waals surface area contributed by atoms with Crippen LogP contribution in [0.3, 0.4) is 0 Å². The number of hydrogen-bond donors (Lipinski definition) is 4. The first-order valence-corrected chi connectivity index (χ1v) is 7.17. The molecule has 0 aliphatic heterocycles. The molecule has 0 unspecified atom stereocenters. The van der Waals surface area contributed by atoms with Gasteiger partial charge in [-0.3, -0.25) is 0 Å². The molecule has 0 heterocycles. The van der Waals surface area contributed by atoms with Crippen molar-refractivity contribution in [3.8, 4) is 5.75 Å². The van der Waals surface area contributed by atoms with E-state index in [0.29, 0.717) is 8.95 Å². The Morgan fingerprint density at radius 1 is 1.00 bits per heavy atom. The lowest BCUT2D eigenvalue weighted by molar-refractivity contribution is 0.275. The van der Waals surface area contributed by atoms with Crippen LogP contribution < -0.4 is 0 Å². The first kappa shape index (κ1) is 15.6. The Morgan fingerprint density at radius 3 is 1.53 bits per heavy atom. The largest absolute Gasteiger partial charge is 0.506 e. The first-order chi connectivity index (χ1) is 6.61. The minimum atomic E-state index is -4.64. The van der Waals surface area contributed by atoms with Crippen LogP contribution in [0, 0.1) is 0 Å². The molecule has 0 bridgehead atoms. The monoisotopic (exact) mass is 426 g/mol. The average molecular weight is 429 g/mol. The highest BCUT2D eigenvalue weighted by Gasteiger charge is 2.03. The molecule has 4 N–H and O–H groups in total. The van der Waals surface area contributed by atoms with Crippen LogP contribution >= 0.6 is 55.6 Å². The van der Waals surface area contributed by atoms with Gasteiger partial charge in [-0.05, 0) is 44.0 Å². The lowest BCUT2D eigenvalue weighted by Crippen LogP contribution is -1.71. The standard InChI is InChI=1S/C6H3Br3O.H3O4P/c7-3-1-4(8)6(10)5(9)2-3;1-5(2,3)4/h1-2,10H;(H3,1,2,3,4). The highest BCUT2D eigenvalue weighted by Crippen LogP contribution is 2.34. The fourth-order valence-corrected chi connectivity index (χ4v) is 2.79. The van der Waals surface area contributed by atoms with Gasteiger partial charge in [-0.1, -0.05) is 15.9 Å². The molecule has 0 aliphatic rings. The van der Waals surface area contributed by atoms with E-state index in [-0.39, 0.29) is 5.75 Å². The molecule has 1 rings (SSSR count). The Balaban J connectivity index is 0.000000336. The lowest BCUT2D eigenvalue weighted by Gasteiger charge is -1.99. The molecule has 86 valence electrons. The van der Waals surface area contributed by atoms with Crippen molar-refractivity contribution in [3.05, 3.63) is 25.6 Å². The molecule has 1 aromatic rings. The number of phosphoric acid groups is 1. The van der Waals surface area contributed by atoms with Crippen molar-refractivity contribution in [3.63, 3.8) is 0 Å². The predicted molar refractivity (Wildman–Crippen MR) is 65.5 cm³/mol. The fraction of sp³-hybridized carbons (Fsp3) is 0. The molecular formula is C6H6Br3O5P. The van der Waals surface area contributed by atoms with Gasteiger partial charge in [-0.2, -0.15) is 0 Å². The second-order valence-corrected chi connectivity index (χ2v) is 5.88. The molecule has 0 aromatic heterocycles. The molecule has 9 heteroatoms. The van der Waals surface area contributed by atoms with Crippen molar-refractivity contribution in [2.45, 2.75) is 0 Å². The van der Waals surface area contributed by atoms with Gasteiger partial charge in [0.15, 0.2) is 0 Å². The van der Waals surface area contributed by atoms with Gasteiger partial charge in [0.2, 0.25) is 0 Å². The van der Waals surface area contributed by atoms with Crippen molar-refractivity contribution in [2.24, 2.45) is 0 Å². The molecule has 0 spiro atoms. The third kappa shape index (κ3) is 8.38. The lowest BCUT2D eigenvalue weighted by atomic mass is 10.3. The van der Waals surface area contributed by atoms with E-state index >= 15 is 0 Å². The van der Waals surface area contributed by atoms with Crippen molar-refractivity contribution in [1.82, 2.24) is 0 Å². The smallest absolute Gasteiger partial charge is 0.466 e. The van der Waals surface area contributed by atoms with Crippen LogP contribution in [0.15, 0.2) is 25.6 Å². The first-order valence-electron chi connectivity index (χ1n) is 3.23. The molecule has 0 saturated carbocycles. The molecular weight excluding hydrogens is 423 g/mol.